The van der Waals surface area contributed by atoms with Crippen LogP contribution in [0.15, 0.2) is 48.5 Å². The first-order valence-electron chi connectivity index (χ1n) is 8.64. The zero-order valence-electron chi connectivity index (χ0n) is 15.4. The Labute approximate surface area is 154 Å². The molecule has 0 unspecified atom stereocenters. The van der Waals surface area contributed by atoms with E-state index in [1.165, 1.54) is 5.56 Å². The van der Waals surface area contributed by atoms with Crippen molar-refractivity contribution >= 4 is 11.6 Å². The quantitative estimate of drug-likeness (QED) is 0.681. The van der Waals surface area contributed by atoms with E-state index >= 15 is 0 Å². The SMILES string of the molecule is COc1ccc(NC(=O)CN(CCN)CCc2ccccc2)c(OC)c1. The zero-order valence-corrected chi connectivity index (χ0v) is 15.4. The Kier molecular flexibility index (Phi) is 7.92. The number of hydrogen-bond donors (Lipinski definition) is 2. The summed E-state index contributed by atoms with van der Waals surface area (Å²) in [5.41, 5.74) is 7.56. The van der Waals surface area contributed by atoms with E-state index in [9.17, 15) is 4.79 Å². The van der Waals surface area contributed by atoms with Crippen molar-refractivity contribution in [3.05, 3.63) is 54.1 Å². The molecule has 26 heavy (non-hydrogen) atoms. The summed E-state index contributed by atoms with van der Waals surface area (Å²) in [6.45, 7) is 2.22. The van der Waals surface area contributed by atoms with Gasteiger partial charge in [0.25, 0.3) is 0 Å². The van der Waals surface area contributed by atoms with Gasteiger partial charge in [-0.3, -0.25) is 9.69 Å². The minimum atomic E-state index is -0.102. The highest BCUT2D eigenvalue weighted by molar-refractivity contribution is 5.93. The number of hydrogen-bond acceptors (Lipinski definition) is 5. The molecule has 1 amide bonds. The molecule has 6 heteroatoms. The summed E-state index contributed by atoms with van der Waals surface area (Å²) in [7, 11) is 3.15. The van der Waals surface area contributed by atoms with Crippen molar-refractivity contribution < 1.29 is 14.3 Å². The molecule has 0 saturated carbocycles. The van der Waals surface area contributed by atoms with Crippen molar-refractivity contribution in [1.82, 2.24) is 4.90 Å². The fraction of sp³-hybridized carbons (Fsp3) is 0.350. The van der Waals surface area contributed by atoms with Crippen LogP contribution in [0.25, 0.3) is 0 Å². The van der Waals surface area contributed by atoms with E-state index in [-0.39, 0.29) is 12.5 Å². The molecule has 3 N–H and O–H groups in total. The van der Waals surface area contributed by atoms with E-state index in [4.69, 9.17) is 15.2 Å². The molecule has 0 aromatic heterocycles. The average Bonchev–Trinajstić information content (AvgIpc) is 2.67. The minimum absolute atomic E-state index is 0.102. The summed E-state index contributed by atoms with van der Waals surface area (Å²) in [5.74, 6) is 1.13. The molecular weight excluding hydrogens is 330 g/mol. The monoisotopic (exact) mass is 357 g/mol. The van der Waals surface area contributed by atoms with Gasteiger partial charge < -0.3 is 20.5 Å². The largest absolute Gasteiger partial charge is 0.497 e. The van der Waals surface area contributed by atoms with Crippen LogP contribution in [-0.2, 0) is 11.2 Å². The van der Waals surface area contributed by atoms with Gasteiger partial charge in [-0.2, -0.15) is 0 Å². The number of nitrogens with zero attached hydrogens (tertiary/aromatic N) is 1. The summed E-state index contributed by atoms with van der Waals surface area (Å²) >= 11 is 0. The van der Waals surface area contributed by atoms with Crippen molar-refractivity contribution in [3.63, 3.8) is 0 Å². The molecule has 0 fully saturated rings. The second-order valence-electron chi connectivity index (χ2n) is 5.91. The molecular formula is C20H27N3O3. The first kappa shape index (κ1) is 19.8. The Morgan fingerprint density at radius 3 is 2.50 bits per heavy atom. The van der Waals surface area contributed by atoms with Gasteiger partial charge in [-0.05, 0) is 24.1 Å². The standard InChI is InChI=1S/C20H27N3O3/c1-25-17-8-9-18(19(14-17)26-2)22-20(24)15-23(13-11-21)12-10-16-6-4-3-5-7-16/h3-9,14H,10-13,15,21H2,1-2H3,(H,22,24). The number of ether oxygens (including phenoxy) is 2. The molecule has 0 spiro atoms. The molecule has 0 bridgehead atoms. The molecule has 0 atom stereocenters. The van der Waals surface area contributed by atoms with Crippen LogP contribution < -0.4 is 20.5 Å². The van der Waals surface area contributed by atoms with Gasteiger partial charge in [-0.1, -0.05) is 30.3 Å². The molecule has 2 aromatic carbocycles. The van der Waals surface area contributed by atoms with Crippen molar-refractivity contribution in [3.8, 4) is 11.5 Å². The molecule has 0 radical (unpaired) electrons. The van der Waals surface area contributed by atoms with Crippen LogP contribution in [0.5, 0.6) is 11.5 Å². The number of nitrogens with one attached hydrogen (secondary N) is 1. The van der Waals surface area contributed by atoms with Crippen LogP contribution in [0.1, 0.15) is 5.56 Å². The highest BCUT2D eigenvalue weighted by atomic mass is 16.5. The number of nitrogens with two attached hydrogens (primary N) is 1. The van der Waals surface area contributed by atoms with E-state index in [1.54, 1.807) is 32.4 Å². The second-order valence-corrected chi connectivity index (χ2v) is 5.91. The second kappa shape index (κ2) is 10.4. The van der Waals surface area contributed by atoms with E-state index in [1.807, 2.05) is 18.2 Å². The molecule has 0 heterocycles. The molecule has 2 rings (SSSR count). The van der Waals surface area contributed by atoms with E-state index in [2.05, 4.69) is 22.3 Å². The van der Waals surface area contributed by atoms with Gasteiger partial charge in [-0.25, -0.2) is 0 Å². The smallest absolute Gasteiger partial charge is 0.238 e. The molecule has 0 saturated heterocycles. The van der Waals surface area contributed by atoms with Crippen molar-refractivity contribution in [2.24, 2.45) is 5.73 Å². The third-order valence-electron chi connectivity index (χ3n) is 4.05. The Bertz CT molecular complexity index is 692. The van der Waals surface area contributed by atoms with Crippen LogP contribution in [0, 0.1) is 0 Å². The Balaban J connectivity index is 1.94. The lowest BCUT2D eigenvalue weighted by molar-refractivity contribution is -0.117. The highest BCUT2D eigenvalue weighted by Gasteiger charge is 2.13. The maximum atomic E-state index is 12.5. The number of methoxy groups -OCH3 is 2. The molecule has 6 nitrogen and oxygen atoms in total. The van der Waals surface area contributed by atoms with E-state index < -0.39 is 0 Å². The predicted octanol–water partition coefficient (Wildman–Crippen LogP) is 2.15. The Morgan fingerprint density at radius 1 is 1.08 bits per heavy atom. The maximum absolute atomic E-state index is 12.5. The van der Waals surface area contributed by atoms with Crippen LogP contribution in [0.3, 0.4) is 0 Å². The number of amides is 1. The number of benzene rings is 2. The average molecular weight is 357 g/mol. The number of carbonyl (C=O) groups is 1. The van der Waals surface area contributed by atoms with Gasteiger partial charge >= 0.3 is 0 Å². The Hall–Kier alpha value is -2.57. The van der Waals surface area contributed by atoms with E-state index in [0.717, 1.165) is 13.0 Å². The van der Waals surface area contributed by atoms with Crippen LogP contribution in [0.2, 0.25) is 0 Å². The van der Waals surface area contributed by atoms with Gasteiger partial charge in [-0.15, -0.1) is 0 Å². The normalized spacial score (nSPS) is 10.6. The lowest BCUT2D eigenvalue weighted by atomic mass is 10.1. The number of carbonyl (C=O) groups excluding carboxylic acids is 1. The lowest BCUT2D eigenvalue weighted by Gasteiger charge is -2.21. The third-order valence-corrected chi connectivity index (χ3v) is 4.05. The van der Waals surface area contributed by atoms with Gasteiger partial charge in [0.15, 0.2) is 0 Å². The molecule has 140 valence electrons. The minimum Gasteiger partial charge on any atom is -0.497 e. The van der Waals surface area contributed by atoms with Crippen molar-refractivity contribution in [2.45, 2.75) is 6.42 Å². The van der Waals surface area contributed by atoms with Crippen molar-refractivity contribution in [1.29, 1.82) is 0 Å². The molecule has 0 aliphatic carbocycles. The molecule has 0 aliphatic rings. The van der Waals surface area contributed by atoms with E-state index in [0.29, 0.717) is 30.3 Å². The van der Waals surface area contributed by atoms with Gasteiger partial charge in [0, 0.05) is 25.7 Å². The van der Waals surface area contributed by atoms with Gasteiger partial charge in [0.05, 0.1) is 26.5 Å². The van der Waals surface area contributed by atoms with Crippen LogP contribution in [-0.4, -0.2) is 51.2 Å². The fourth-order valence-electron chi connectivity index (χ4n) is 2.68. The summed E-state index contributed by atoms with van der Waals surface area (Å²) in [6.07, 6.45) is 0.875. The summed E-state index contributed by atoms with van der Waals surface area (Å²) < 4.78 is 10.5. The first-order valence-corrected chi connectivity index (χ1v) is 8.64. The lowest BCUT2D eigenvalue weighted by Crippen LogP contribution is -2.38. The topological polar surface area (TPSA) is 76.8 Å². The summed E-state index contributed by atoms with van der Waals surface area (Å²) in [5, 5.41) is 2.90. The predicted molar refractivity (Wildman–Crippen MR) is 104 cm³/mol. The fourth-order valence-corrected chi connectivity index (χ4v) is 2.68. The Morgan fingerprint density at radius 2 is 1.85 bits per heavy atom. The van der Waals surface area contributed by atoms with Gasteiger partial charge in [0.1, 0.15) is 11.5 Å². The zero-order chi connectivity index (χ0) is 18.8. The molecule has 0 aliphatic heterocycles. The number of rotatable bonds is 10. The summed E-state index contributed by atoms with van der Waals surface area (Å²) in [4.78, 5) is 14.5. The van der Waals surface area contributed by atoms with Crippen molar-refractivity contribution in [2.75, 3.05) is 45.7 Å². The maximum Gasteiger partial charge on any atom is 0.238 e. The summed E-state index contributed by atoms with van der Waals surface area (Å²) in [6, 6.07) is 15.5. The third kappa shape index (κ3) is 6.06. The van der Waals surface area contributed by atoms with Crippen LogP contribution >= 0.6 is 0 Å². The first-order chi connectivity index (χ1) is 12.7. The van der Waals surface area contributed by atoms with Crippen LogP contribution in [0.4, 0.5) is 5.69 Å². The molecule has 2 aromatic rings. The number of anilines is 1. The highest BCUT2D eigenvalue weighted by Crippen LogP contribution is 2.28. The van der Waals surface area contributed by atoms with Gasteiger partial charge in [0.2, 0.25) is 5.91 Å².